The summed E-state index contributed by atoms with van der Waals surface area (Å²) in [7, 11) is -1.85. The van der Waals surface area contributed by atoms with Crippen LogP contribution in [0.4, 0.5) is 4.79 Å². The van der Waals surface area contributed by atoms with Gasteiger partial charge in [-0.2, -0.15) is 0 Å². The van der Waals surface area contributed by atoms with Gasteiger partial charge >= 0.3 is 19.9 Å². The predicted molar refractivity (Wildman–Crippen MR) is 64.4 cm³/mol. The molecule has 0 saturated carbocycles. The molecular formula is C10H17NO6P+. The molecule has 0 aliphatic heterocycles. The first-order valence-electron chi connectivity index (χ1n) is 5.39. The Morgan fingerprint density at radius 1 is 1.28 bits per heavy atom. The topological polar surface area (TPSA) is 102 Å². The molecule has 0 aliphatic rings. The van der Waals surface area contributed by atoms with Crippen molar-refractivity contribution in [2.45, 2.75) is 13.8 Å². The molecule has 7 nitrogen and oxygen atoms in total. The van der Waals surface area contributed by atoms with Crippen molar-refractivity contribution in [1.82, 2.24) is 5.32 Å². The van der Waals surface area contributed by atoms with Gasteiger partial charge < -0.3 is 14.6 Å². The Morgan fingerprint density at radius 3 is 2.39 bits per heavy atom. The minimum Gasteiger partial charge on any atom is -0.461 e. The fourth-order valence-electron chi connectivity index (χ4n) is 0.922. The van der Waals surface area contributed by atoms with Crippen molar-refractivity contribution in [2.24, 2.45) is 0 Å². The number of rotatable bonds is 7. The van der Waals surface area contributed by atoms with Crippen LogP contribution in [0.2, 0.25) is 0 Å². The summed E-state index contributed by atoms with van der Waals surface area (Å²) < 4.78 is 20.4. The molecule has 0 bridgehead atoms. The number of esters is 1. The molecule has 0 radical (unpaired) electrons. The maximum atomic E-state index is 11.5. The number of aliphatic hydroxyl groups is 1. The highest BCUT2D eigenvalue weighted by Crippen LogP contribution is 2.18. The normalized spacial score (nSPS) is 11.7. The number of amides is 1. The second-order valence-electron chi connectivity index (χ2n) is 2.99. The summed E-state index contributed by atoms with van der Waals surface area (Å²) in [6.45, 7) is 3.55. The Labute approximate surface area is 106 Å². The first-order valence-corrected chi connectivity index (χ1v) is 7.02. The van der Waals surface area contributed by atoms with Crippen LogP contribution in [0.1, 0.15) is 13.8 Å². The van der Waals surface area contributed by atoms with Gasteiger partial charge in [-0.3, -0.25) is 5.32 Å². The van der Waals surface area contributed by atoms with E-state index in [2.05, 4.69) is 10.1 Å². The van der Waals surface area contributed by atoms with Crippen LogP contribution in [0.25, 0.3) is 0 Å². The second kappa shape index (κ2) is 9.56. The number of alkyl carbamates (subject to hydrolysis) is 1. The summed E-state index contributed by atoms with van der Waals surface area (Å²) in [4.78, 5) is 22.6. The number of hydrogen-bond donors (Lipinski definition) is 2. The van der Waals surface area contributed by atoms with Crippen LogP contribution in [0.3, 0.4) is 0 Å². The van der Waals surface area contributed by atoms with Gasteiger partial charge in [-0.25, -0.2) is 9.59 Å². The Hall–Kier alpha value is -1.46. The van der Waals surface area contributed by atoms with E-state index < -0.39 is 26.2 Å². The molecule has 8 heteroatoms. The van der Waals surface area contributed by atoms with Gasteiger partial charge in [-0.1, -0.05) is 4.57 Å². The maximum absolute atomic E-state index is 11.5. The average molecular weight is 278 g/mol. The van der Waals surface area contributed by atoms with Crippen LogP contribution < -0.4 is 5.32 Å². The number of nitrogens with one attached hydrogen (secondary N) is 1. The third-order valence-corrected chi connectivity index (χ3v) is 2.57. The van der Waals surface area contributed by atoms with Crippen LogP contribution in [0, 0.1) is 0 Å². The van der Waals surface area contributed by atoms with Crippen molar-refractivity contribution >= 4 is 19.9 Å². The fourth-order valence-corrected chi connectivity index (χ4v) is 1.42. The molecule has 0 aliphatic carbocycles. The third kappa shape index (κ3) is 6.98. The van der Waals surface area contributed by atoms with Gasteiger partial charge in [0.1, 0.15) is 5.70 Å². The number of ether oxygens (including phenoxy) is 2. The van der Waals surface area contributed by atoms with Crippen LogP contribution in [-0.2, 0) is 18.8 Å². The van der Waals surface area contributed by atoms with Crippen LogP contribution in [-0.4, -0.2) is 42.9 Å². The van der Waals surface area contributed by atoms with Crippen molar-refractivity contribution < 1.29 is 28.7 Å². The summed E-state index contributed by atoms with van der Waals surface area (Å²) in [6.07, 6.45) is -0.0755. The minimum absolute atomic E-state index is 0.0353. The number of hydrogen-bond acceptors (Lipinski definition) is 6. The Balaban J connectivity index is 4.65. The lowest BCUT2D eigenvalue weighted by Gasteiger charge is -2.07. The quantitative estimate of drug-likeness (QED) is 0.408. The van der Waals surface area contributed by atoms with E-state index in [1.807, 2.05) is 0 Å². The van der Waals surface area contributed by atoms with Crippen LogP contribution >= 0.6 is 7.80 Å². The lowest BCUT2D eigenvalue weighted by atomic mass is 10.4. The van der Waals surface area contributed by atoms with Crippen molar-refractivity contribution in [1.29, 1.82) is 0 Å². The first-order chi connectivity index (χ1) is 8.54. The summed E-state index contributed by atoms with van der Waals surface area (Å²) in [6, 6.07) is 0. The maximum Gasteiger partial charge on any atom is 0.411 e. The van der Waals surface area contributed by atoms with Crippen molar-refractivity contribution in [3.05, 3.63) is 11.8 Å². The molecule has 0 aromatic rings. The zero-order chi connectivity index (χ0) is 14.0. The molecule has 18 heavy (non-hydrogen) atoms. The third-order valence-electron chi connectivity index (χ3n) is 1.66. The van der Waals surface area contributed by atoms with Gasteiger partial charge in [0.25, 0.3) is 0 Å². The van der Waals surface area contributed by atoms with E-state index in [0.29, 0.717) is 0 Å². The number of allylic oxidation sites excluding steroid dienone is 1. The van der Waals surface area contributed by atoms with Crippen molar-refractivity contribution in [2.75, 3.05) is 25.7 Å². The number of carbonyl (C=O) groups is 2. The van der Waals surface area contributed by atoms with E-state index in [9.17, 15) is 14.2 Å². The highest BCUT2D eigenvalue weighted by atomic mass is 31.1. The number of carbonyl (C=O) groups excluding carboxylic acids is 2. The van der Waals surface area contributed by atoms with Gasteiger partial charge in [0.15, 0.2) is 6.16 Å². The lowest BCUT2D eigenvalue weighted by molar-refractivity contribution is -0.138. The van der Waals surface area contributed by atoms with Crippen LogP contribution in [0.15, 0.2) is 11.8 Å². The van der Waals surface area contributed by atoms with E-state index in [1.54, 1.807) is 13.8 Å². The van der Waals surface area contributed by atoms with Crippen LogP contribution in [0.5, 0.6) is 0 Å². The summed E-state index contributed by atoms with van der Waals surface area (Å²) in [5, 5.41) is 10.8. The van der Waals surface area contributed by atoms with Gasteiger partial charge in [0.05, 0.1) is 13.2 Å². The molecule has 1 atom stereocenters. The molecule has 0 aromatic heterocycles. The molecule has 0 heterocycles. The molecule has 0 spiro atoms. The van der Waals surface area contributed by atoms with Gasteiger partial charge in [0.2, 0.25) is 6.35 Å². The molecular weight excluding hydrogens is 261 g/mol. The predicted octanol–water partition coefficient (Wildman–Crippen LogP) is 0.957. The zero-order valence-corrected chi connectivity index (χ0v) is 11.2. The second-order valence-corrected chi connectivity index (χ2v) is 4.60. The van der Waals surface area contributed by atoms with E-state index in [4.69, 9.17) is 9.84 Å². The zero-order valence-electron chi connectivity index (χ0n) is 10.3. The molecule has 2 N–H and O–H groups in total. The van der Waals surface area contributed by atoms with E-state index in [-0.39, 0.29) is 25.1 Å². The summed E-state index contributed by atoms with van der Waals surface area (Å²) in [5.74, 6) is -0.744. The smallest absolute Gasteiger partial charge is 0.411 e. The fraction of sp³-hybridized carbons (Fsp3) is 0.600. The monoisotopic (exact) mass is 278 g/mol. The van der Waals surface area contributed by atoms with Crippen molar-refractivity contribution in [3.63, 3.8) is 0 Å². The molecule has 0 rings (SSSR count). The highest BCUT2D eigenvalue weighted by molar-refractivity contribution is 7.44. The molecule has 1 amide bonds. The molecule has 0 saturated heterocycles. The molecule has 0 fully saturated rings. The Morgan fingerprint density at radius 2 is 1.89 bits per heavy atom. The molecule has 102 valence electrons. The van der Waals surface area contributed by atoms with Gasteiger partial charge in [0, 0.05) is 0 Å². The first kappa shape index (κ1) is 16.5. The van der Waals surface area contributed by atoms with Gasteiger partial charge in [-0.15, -0.1) is 0 Å². The van der Waals surface area contributed by atoms with E-state index in [0.717, 1.165) is 0 Å². The standard InChI is InChI=1S/C10H16NO6P/c1-3-16-9(13)8(5-6-18(15)7-12)11-10(14)17-4-2/h5,12H,3-4,6-7H2,1-2H3/p+1. The Bertz CT molecular complexity index is 341. The van der Waals surface area contributed by atoms with Crippen molar-refractivity contribution in [3.8, 4) is 0 Å². The summed E-state index contributed by atoms with van der Waals surface area (Å²) in [5.41, 5.74) is -0.146. The summed E-state index contributed by atoms with van der Waals surface area (Å²) >= 11 is 0. The lowest BCUT2D eigenvalue weighted by Crippen LogP contribution is -2.29. The largest absolute Gasteiger partial charge is 0.461 e. The van der Waals surface area contributed by atoms with E-state index in [1.165, 1.54) is 6.08 Å². The number of aliphatic hydroxyl groups excluding tert-OH is 1. The highest BCUT2D eigenvalue weighted by Gasteiger charge is 2.18. The molecule has 0 aromatic carbocycles. The Kier molecular flexibility index (Phi) is 8.78. The van der Waals surface area contributed by atoms with E-state index >= 15 is 0 Å². The average Bonchev–Trinajstić information content (AvgIpc) is 2.34. The SMILES string of the molecule is CCOC(=O)NC(=CC[P+](=O)CO)C(=O)OCC. The minimum atomic E-state index is -1.85. The molecule has 1 unspecified atom stereocenters. The van der Waals surface area contributed by atoms with Gasteiger partial charge in [-0.05, 0) is 19.9 Å².